The van der Waals surface area contributed by atoms with Crippen molar-refractivity contribution in [1.29, 1.82) is 0 Å². The lowest BCUT2D eigenvalue weighted by molar-refractivity contribution is -0.113. The van der Waals surface area contributed by atoms with Gasteiger partial charge in [-0.1, -0.05) is 84.6 Å². The molecule has 35 heavy (non-hydrogen) atoms. The molecule has 1 N–H and O–H groups in total. The Bertz CT molecular complexity index is 1240. The van der Waals surface area contributed by atoms with Crippen LogP contribution < -0.4 is 5.32 Å². The molecule has 0 radical (unpaired) electrons. The number of hydrogen-bond acceptors (Lipinski definition) is 7. The third-order valence-corrected chi connectivity index (χ3v) is 5.84. The summed E-state index contributed by atoms with van der Waals surface area (Å²) >= 11 is 1.13. The van der Waals surface area contributed by atoms with E-state index in [1.54, 1.807) is 38.1 Å². The number of nitrogens with zero attached hydrogens (tertiary/aromatic N) is 2. The van der Waals surface area contributed by atoms with Crippen LogP contribution in [0.1, 0.15) is 47.1 Å². The van der Waals surface area contributed by atoms with Crippen LogP contribution in [0, 0.1) is 0 Å². The van der Waals surface area contributed by atoms with Crippen molar-refractivity contribution in [2.24, 2.45) is 0 Å². The van der Waals surface area contributed by atoms with Gasteiger partial charge in [-0.25, -0.2) is 4.79 Å². The molecule has 4 aromatic rings. The van der Waals surface area contributed by atoms with Crippen LogP contribution in [0.25, 0.3) is 0 Å². The summed E-state index contributed by atoms with van der Waals surface area (Å²) < 4.78 is 11.2. The summed E-state index contributed by atoms with van der Waals surface area (Å²) in [7, 11) is 0. The van der Waals surface area contributed by atoms with Crippen LogP contribution in [0.3, 0.4) is 0 Å². The van der Waals surface area contributed by atoms with Gasteiger partial charge in [0, 0.05) is 0 Å². The fourth-order valence-corrected chi connectivity index (χ4v) is 4.09. The summed E-state index contributed by atoms with van der Waals surface area (Å²) in [5, 5.41) is 11.5. The number of aromatic nitrogens is 2. The number of para-hydroxylation sites is 1. The Kier molecular flexibility index (Phi) is 7.95. The summed E-state index contributed by atoms with van der Waals surface area (Å²) in [4.78, 5) is 24.9. The first kappa shape index (κ1) is 24.2. The summed E-state index contributed by atoms with van der Waals surface area (Å²) in [6.45, 7) is 3.54. The molecule has 8 heteroatoms. The van der Waals surface area contributed by atoms with Crippen LogP contribution in [-0.2, 0) is 9.53 Å². The number of esters is 1. The lowest BCUT2D eigenvalue weighted by atomic mass is 9.91. The molecular weight excluding hydrogens is 462 g/mol. The van der Waals surface area contributed by atoms with E-state index in [1.807, 2.05) is 60.7 Å². The lowest BCUT2D eigenvalue weighted by Crippen LogP contribution is -2.18. The number of nitrogens with one attached hydrogen (secondary N) is 1. The number of thioether (sulfide) groups is 1. The maximum absolute atomic E-state index is 12.6. The molecule has 4 rings (SSSR count). The van der Waals surface area contributed by atoms with Gasteiger partial charge in [0.1, 0.15) is 0 Å². The van der Waals surface area contributed by atoms with Gasteiger partial charge in [0.05, 0.1) is 29.0 Å². The van der Waals surface area contributed by atoms with Crippen molar-refractivity contribution in [1.82, 2.24) is 10.2 Å². The van der Waals surface area contributed by atoms with Gasteiger partial charge in [0.2, 0.25) is 11.8 Å². The third kappa shape index (κ3) is 6.36. The number of hydrogen-bond donors (Lipinski definition) is 1. The molecule has 0 bridgehead atoms. The monoisotopic (exact) mass is 487 g/mol. The molecule has 0 unspecified atom stereocenters. The fourth-order valence-electron chi connectivity index (χ4n) is 3.53. The number of benzene rings is 3. The maximum Gasteiger partial charge on any atom is 0.340 e. The standard InChI is InChI=1S/C27H25N3O4S/c1-18(2)33-26(32)21-15-9-10-16-22(21)28-23(31)17-35-27-30-29-25(34-27)24(19-11-5-3-6-12-19)20-13-7-4-8-14-20/h3-16,18,24H,17H2,1-2H3,(H,28,31). The number of rotatable bonds is 9. The van der Waals surface area contributed by atoms with Crippen molar-refractivity contribution in [3.05, 3.63) is 108 Å². The zero-order valence-electron chi connectivity index (χ0n) is 19.4. The summed E-state index contributed by atoms with van der Waals surface area (Å²) in [5.74, 6) is -0.518. The van der Waals surface area contributed by atoms with Crippen LogP contribution in [-0.4, -0.2) is 33.9 Å². The quantitative estimate of drug-likeness (QED) is 0.244. The molecule has 0 saturated heterocycles. The van der Waals surface area contributed by atoms with Crippen molar-refractivity contribution in [2.75, 3.05) is 11.1 Å². The normalized spacial score (nSPS) is 11.0. The molecule has 1 heterocycles. The van der Waals surface area contributed by atoms with Crippen molar-refractivity contribution in [3.63, 3.8) is 0 Å². The van der Waals surface area contributed by atoms with E-state index < -0.39 is 5.97 Å². The Morgan fingerprint density at radius 3 is 2.11 bits per heavy atom. The Labute approximate surface area is 207 Å². The van der Waals surface area contributed by atoms with Gasteiger partial charge in [-0.05, 0) is 37.1 Å². The number of carbonyl (C=O) groups excluding carboxylic acids is 2. The molecule has 0 aliphatic heterocycles. The fraction of sp³-hybridized carbons (Fsp3) is 0.185. The first-order valence-corrected chi connectivity index (χ1v) is 12.2. The van der Waals surface area contributed by atoms with Crippen LogP contribution in [0.5, 0.6) is 0 Å². The van der Waals surface area contributed by atoms with E-state index in [4.69, 9.17) is 9.15 Å². The molecule has 0 aliphatic rings. The lowest BCUT2D eigenvalue weighted by Gasteiger charge is -2.13. The zero-order valence-corrected chi connectivity index (χ0v) is 20.2. The van der Waals surface area contributed by atoms with E-state index in [0.717, 1.165) is 22.9 Å². The topological polar surface area (TPSA) is 94.3 Å². The highest BCUT2D eigenvalue weighted by Gasteiger charge is 2.23. The van der Waals surface area contributed by atoms with Crippen molar-refractivity contribution < 1.29 is 18.7 Å². The zero-order chi connectivity index (χ0) is 24.6. The van der Waals surface area contributed by atoms with E-state index >= 15 is 0 Å². The molecule has 178 valence electrons. The van der Waals surface area contributed by atoms with Gasteiger partial charge in [-0.3, -0.25) is 4.79 Å². The average molecular weight is 488 g/mol. The molecule has 3 aromatic carbocycles. The van der Waals surface area contributed by atoms with E-state index in [9.17, 15) is 9.59 Å². The van der Waals surface area contributed by atoms with Crippen LogP contribution >= 0.6 is 11.8 Å². The molecule has 0 aliphatic carbocycles. The van der Waals surface area contributed by atoms with Crippen LogP contribution in [0.15, 0.2) is 94.6 Å². The van der Waals surface area contributed by atoms with E-state index in [2.05, 4.69) is 15.5 Å². The van der Waals surface area contributed by atoms with Crippen molar-refractivity contribution in [3.8, 4) is 0 Å². The molecule has 1 amide bonds. The van der Waals surface area contributed by atoms with Crippen LogP contribution in [0.4, 0.5) is 5.69 Å². The predicted molar refractivity (Wildman–Crippen MR) is 134 cm³/mol. The highest BCUT2D eigenvalue weighted by atomic mass is 32.2. The van der Waals surface area contributed by atoms with Crippen LogP contribution in [0.2, 0.25) is 0 Å². The minimum atomic E-state index is -0.488. The molecule has 0 saturated carbocycles. The van der Waals surface area contributed by atoms with Gasteiger partial charge < -0.3 is 14.5 Å². The smallest absolute Gasteiger partial charge is 0.340 e. The molecule has 7 nitrogen and oxygen atoms in total. The SMILES string of the molecule is CC(C)OC(=O)c1ccccc1NC(=O)CSc1nnc(C(c2ccccc2)c2ccccc2)o1. The highest BCUT2D eigenvalue weighted by molar-refractivity contribution is 7.99. The number of anilines is 1. The summed E-state index contributed by atoms with van der Waals surface area (Å²) in [6.07, 6.45) is -0.260. The van der Waals surface area contributed by atoms with Gasteiger partial charge in [-0.15, -0.1) is 10.2 Å². The molecule has 0 fully saturated rings. The van der Waals surface area contributed by atoms with Gasteiger partial charge in [0.15, 0.2) is 0 Å². The third-order valence-electron chi connectivity index (χ3n) is 5.03. The molecule has 1 aromatic heterocycles. The number of carbonyl (C=O) groups is 2. The van der Waals surface area contributed by atoms with E-state index in [-0.39, 0.29) is 23.7 Å². The maximum atomic E-state index is 12.6. The predicted octanol–water partition coefficient (Wildman–Crippen LogP) is 5.55. The van der Waals surface area contributed by atoms with E-state index in [1.165, 1.54) is 0 Å². The van der Waals surface area contributed by atoms with Crippen molar-refractivity contribution >= 4 is 29.3 Å². The first-order chi connectivity index (χ1) is 17.0. The van der Waals surface area contributed by atoms with Gasteiger partial charge in [0.25, 0.3) is 5.22 Å². The average Bonchev–Trinajstić information content (AvgIpc) is 3.32. The summed E-state index contributed by atoms with van der Waals surface area (Å²) in [6, 6.07) is 26.6. The molecule has 0 atom stereocenters. The number of ether oxygens (including phenoxy) is 1. The first-order valence-electron chi connectivity index (χ1n) is 11.2. The second kappa shape index (κ2) is 11.5. The van der Waals surface area contributed by atoms with Gasteiger partial charge in [-0.2, -0.15) is 0 Å². The number of amides is 1. The highest BCUT2D eigenvalue weighted by Crippen LogP contribution is 2.32. The Morgan fingerprint density at radius 2 is 1.49 bits per heavy atom. The Balaban J connectivity index is 1.44. The molecule has 0 spiro atoms. The summed E-state index contributed by atoms with van der Waals surface area (Å²) in [5.41, 5.74) is 2.75. The minimum Gasteiger partial charge on any atom is -0.459 e. The van der Waals surface area contributed by atoms with E-state index in [0.29, 0.717) is 22.4 Å². The largest absolute Gasteiger partial charge is 0.459 e. The Morgan fingerprint density at radius 1 is 0.886 bits per heavy atom. The Hall–Kier alpha value is -3.91. The van der Waals surface area contributed by atoms with Crippen molar-refractivity contribution in [2.45, 2.75) is 31.1 Å². The minimum absolute atomic E-state index is 0.0382. The second-order valence-corrected chi connectivity index (χ2v) is 8.92. The van der Waals surface area contributed by atoms with Gasteiger partial charge >= 0.3 is 5.97 Å². The molecular formula is C27H25N3O4S. The second-order valence-electron chi connectivity index (χ2n) is 8.00.